The van der Waals surface area contributed by atoms with Gasteiger partial charge >= 0.3 is 0 Å². The van der Waals surface area contributed by atoms with Crippen LogP contribution in [-0.4, -0.2) is 52.4 Å². The van der Waals surface area contributed by atoms with Gasteiger partial charge in [-0.3, -0.25) is 9.59 Å². The van der Waals surface area contributed by atoms with Crippen LogP contribution in [0.25, 0.3) is 10.9 Å². The maximum atomic E-state index is 13.0. The number of hydrogen-bond donors (Lipinski definition) is 0. The topological polar surface area (TPSA) is 45.6 Å². The van der Waals surface area contributed by atoms with Crippen LogP contribution in [0.4, 0.5) is 0 Å². The minimum absolute atomic E-state index is 0.00793. The number of nitrogens with zero attached hydrogens (tertiary/aromatic N) is 3. The van der Waals surface area contributed by atoms with E-state index in [1.165, 1.54) is 0 Å². The Labute approximate surface area is 166 Å². The van der Waals surface area contributed by atoms with Gasteiger partial charge in [0.05, 0.1) is 5.56 Å². The average Bonchev–Trinajstić information content (AvgIpc) is 3.04. The molecule has 27 heavy (non-hydrogen) atoms. The molecule has 2 heterocycles. The van der Waals surface area contributed by atoms with E-state index in [4.69, 9.17) is 0 Å². The molecule has 138 valence electrons. The Hall–Kier alpha value is -2.60. The Bertz CT molecular complexity index is 1020. The van der Waals surface area contributed by atoms with Crippen molar-refractivity contribution in [2.24, 2.45) is 7.05 Å². The Morgan fingerprint density at radius 2 is 1.56 bits per heavy atom. The van der Waals surface area contributed by atoms with Gasteiger partial charge in [0, 0.05) is 60.4 Å². The summed E-state index contributed by atoms with van der Waals surface area (Å²) in [6.07, 6.45) is 1.89. The summed E-state index contributed by atoms with van der Waals surface area (Å²) >= 11 is 3.41. The molecule has 0 N–H and O–H groups in total. The molecule has 0 spiro atoms. The number of para-hydroxylation sites is 1. The molecule has 2 aromatic carbocycles. The summed E-state index contributed by atoms with van der Waals surface area (Å²) in [6, 6.07) is 15.3. The van der Waals surface area contributed by atoms with Crippen molar-refractivity contribution in [1.82, 2.24) is 14.4 Å². The van der Waals surface area contributed by atoms with E-state index in [1.807, 2.05) is 76.1 Å². The molecule has 0 aliphatic carbocycles. The van der Waals surface area contributed by atoms with Gasteiger partial charge in [-0.25, -0.2) is 0 Å². The van der Waals surface area contributed by atoms with Gasteiger partial charge in [-0.2, -0.15) is 0 Å². The predicted octanol–water partition coefficient (Wildman–Crippen LogP) is 3.54. The van der Waals surface area contributed by atoms with Crippen molar-refractivity contribution >= 4 is 38.6 Å². The van der Waals surface area contributed by atoms with Gasteiger partial charge < -0.3 is 14.4 Å². The first-order valence-corrected chi connectivity index (χ1v) is 9.72. The number of piperazine rings is 1. The average molecular weight is 426 g/mol. The Morgan fingerprint density at radius 3 is 2.26 bits per heavy atom. The number of aromatic nitrogens is 1. The molecule has 1 fully saturated rings. The summed E-state index contributed by atoms with van der Waals surface area (Å²) < 4.78 is 2.87. The Morgan fingerprint density at radius 1 is 0.889 bits per heavy atom. The number of rotatable bonds is 2. The van der Waals surface area contributed by atoms with E-state index in [-0.39, 0.29) is 11.8 Å². The second-order valence-electron chi connectivity index (χ2n) is 6.77. The molecular formula is C21H20BrN3O2. The highest BCUT2D eigenvalue weighted by molar-refractivity contribution is 9.10. The van der Waals surface area contributed by atoms with E-state index in [2.05, 4.69) is 15.9 Å². The maximum absolute atomic E-state index is 13.0. The van der Waals surface area contributed by atoms with Gasteiger partial charge in [-0.05, 0) is 24.3 Å². The lowest BCUT2D eigenvalue weighted by Crippen LogP contribution is -2.50. The minimum Gasteiger partial charge on any atom is -0.350 e. The van der Waals surface area contributed by atoms with E-state index in [0.29, 0.717) is 31.7 Å². The fourth-order valence-corrected chi connectivity index (χ4v) is 4.00. The number of carbonyl (C=O) groups excluding carboxylic acids is 2. The molecule has 4 rings (SSSR count). The molecule has 1 aliphatic rings. The quantitative estimate of drug-likeness (QED) is 0.630. The first-order valence-electron chi connectivity index (χ1n) is 8.93. The third-order valence-corrected chi connectivity index (χ3v) is 5.55. The zero-order valence-electron chi connectivity index (χ0n) is 15.1. The SMILES string of the molecule is Cn1cc(C(=O)N2CCN(C(=O)c3cccc(Br)c3)CC2)c2ccccc21. The van der Waals surface area contributed by atoms with Crippen LogP contribution < -0.4 is 0 Å². The lowest BCUT2D eigenvalue weighted by molar-refractivity contribution is 0.0536. The molecular weight excluding hydrogens is 406 g/mol. The van der Waals surface area contributed by atoms with E-state index < -0.39 is 0 Å². The number of carbonyl (C=O) groups is 2. The van der Waals surface area contributed by atoms with Crippen molar-refractivity contribution < 1.29 is 9.59 Å². The number of benzene rings is 2. The highest BCUT2D eigenvalue weighted by atomic mass is 79.9. The van der Waals surface area contributed by atoms with Crippen molar-refractivity contribution in [2.75, 3.05) is 26.2 Å². The Balaban J connectivity index is 1.47. The van der Waals surface area contributed by atoms with Crippen LogP contribution in [-0.2, 0) is 7.05 Å². The summed E-state index contributed by atoms with van der Waals surface area (Å²) in [7, 11) is 1.95. The van der Waals surface area contributed by atoms with Crippen LogP contribution in [0.5, 0.6) is 0 Å². The number of amides is 2. The van der Waals surface area contributed by atoms with Gasteiger partial charge in [0.2, 0.25) is 0 Å². The summed E-state index contributed by atoms with van der Waals surface area (Å²) in [5.74, 6) is 0.0370. The molecule has 0 unspecified atom stereocenters. The summed E-state index contributed by atoms with van der Waals surface area (Å²) in [4.78, 5) is 29.3. The molecule has 2 amide bonds. The van der Waals surface area contributed by atoms with Crippen LogP contribution in [0.15, 0.2) is 59.2 Å². The molecule has 6 heteroatoms. The molecule has 0 bridgehead atoms. The lowest BCUT2D eigenvalue weighted by atomic mass is 10.1. The van der Waals surface area contributed by atoms with Gasteiger partial charge in [0.15, 0.2) is 0 Å². The fourth-order valence-electron chi connectivity index (χ4n) is 3.60. The number of fused-ring (bicyclic) bond motifs is 1. The van der Waals surface area contributed by atoms with Gasteiger partial charge in [0.25, 0.3) is 11.8 Å². The van der Waals surface area contributed by atoms with Gasteiger partial charge in [-0.15, -0.1) is 0 Å². The zero-order chi connectivity index (χ0) is 19.0. The largest absolute Gasteiger partial charge is 0.350 e. The second kappa shape index (κ2) is 7.19. The Kier molecular flexibility index (Phi) is 4.74. The molecule has 0 radical (unpaired) electrons. The van der Waals surface area contributed by atoms with Crippen molar-refractivity contribution in [3.63, 3.8) is 0 Å². The molecule has 1 saturated heterocycles. The van der Waals surface area contributed by atoms with Crippen LogP contribution in [0, 0.1) is 0 Å². The molecule has 0 saturated carbocycles. The van der Waals surface area contributed by atoms with Crippen LogP contribution in [0.1, 0.15) is 20.7 Å². The highest BCUT2D eigenvalue weighted by Crippen LogP contribution is 2.22. The summed E-state index contributed by atoms with van der Waals surface area (Å²) in [5, 5.41) is 0.970. The van der Waals surface area contributed by atoms with E-state index >= 15 is 0 Å². The second-order valence-corrected chi connectivity index (χ2v) is 7.68. The third-order valence-electron chi connectivity index (χ3n) is 5.05. The van der Waals surface area contributed by atoms with Crippen molar-refractivity contribution in [3.05, 3.63) is 70.3 Å². The van der Waals surface area contributed by atoms with Gasteiger partial charge in [0.1, 0.15) is 0 Å². The molecule has 1 aromatic heterocycles. The van der Waals surface area contributed by atoms with Crippen molar-refractivity contribution in [1.29, 1.82) is 0 Å². The van der Waals surface area contributed by atoms with Crippen LogP contribution in [0.2, 0.25) is 0 Å². The zero-order valence-corrected chi connectivity index (χ0v) is 16.6. The molecule has 0 atom stereocenters. The van der Waals surface area contributed by atoms with Crippen molar-refractivity contribution in [2.45, 2.75) is 0 Å². The smallest absolute Gasteiger partial charge is 0.256 e. The first kappa shape index (κ1) is 17.8. The van der Waals surface area contributed by atoms with Crippen molar-refractivity contribution in [3.8, 4) is 0 Å². The summed E-state index contributed by atoms with van der Waals surface area (Å²) in [6.45, 7) is 2.17. The molecule has 1 aliphatic heterocycles. The summed E-state index contributed by atoms with van der Waals surface area (Å²) in [5.41, 5.74) is 2.43. The standard InChI is InChI=1S/C21H20BrN3O2/c1-23-14-18(17-7-2-3-8-19(17)23)21(27)25-11-9-24(10-12-25)20(26)15-5-4-6-16(22)13-15/h2-8,13-14H,9-12H2,1H3. The predicted molar refractivity (Wildman–Crippen MR) is 109 cm³/mol. The normalized spacial score (nSPS) is 14.6. The van der Waals surface area contributed by atoms with E-state index in [1.54, 1.807) is 0 Å². The molecule has 5 nitrogen and oxygen atoms in total. The van der Waals surface area contributed by atoms with E-state index in [9.17, 15) is 9.59 Å². The number of hydrogen-bond acceptors (Lipinski definition) is 2. The highest BCUT2D eigenvalue weighted by Gasteiger charge is 2.27. The van der Waals surface area contributed by atoms with Gasteiger partial charge in [-0.1, -0.05) is 40.2 Å². The van der Waals surface area contributed by atoms with Crippen LogP contribution >= 0.6 is 15.9 Å². The number of halogens is 1. The van der Waals surface area contributed by atoms with Crippen LogP contribution in [0.3, 0.4) is 0 Å². The van der Waals surface area contributed by atoms with E-state index in [0.717, 1.165) is 20.9 Å². The minimum atomic E-state index is 0.00793. The first-order chi connectivity index (χ1) is 13.0. The third kappa shape index (κ3) is 3.37. The molecule has 3 aromatic rings. The monoisotopic (exact) mass is 425 g/mol. The maximum Gasteiger partial charge on any atom is 0.256 e. The lowest BCUT2D eigenvalue weighted by Gasteiger charge is -2.34. The number of aryl methyl sites for hydroxylation is 1. The fraction of sp³-hybridized carbons (Fsp3) is 0.238.